The van der Waals surface area contributed by atoms with Crippen LogP contribution in [0.3, 0.4) is 0 Å². The van der Waals surface area contributed by atoms with Gasteiger partial charge in [-0.3, -0.25) is 0 Å². The number of rotatable bonds is 8. The van der Waals surface area contributed by atoms with Crippen LogP contribution in [-0.4, -0.2) is 40.5 Å². The minimum Gasteiger partial charge on any atom is -0.384 e. The van der Waals surface area contributed by atoms with E-state index in [1.807, 2.05) is 4.68 Å². The summed E-state index contributed by atoms with van der Waals surface area (Å²) in [5.74, 6) is 1.92. The standard InChI is InChI=1S/C11H23N5O/c1-9(2)5-12-6-11-13-14-15-16(11)7-10(3)8-17-4/h9-10,12H,5-8H2,1-4H3. The van der Waals surface area contributed by atoms with Gasteiger partial charge in [-0.1, -0.05) is 20.8 Å². The molecule has 1 atom stereocenters. The van der Waals surface area contributed by atoms with Crippen LogP contribution in [0.2, 0.25) is 0 Å². The van der Waals surface area contributed by atoms with Crippen molar-refractivity contribution in [3.05, 3.63) is 5.82 Å². The molecule has 98 valence electrons. The second-order valence-corrected chi connectivity index (χ2v) is 4.86. The Bertz CT molecular complexity index is 313. The van der Waals surface area contributed by atoms with Crippen molar-refractivity contribution < 1.29 is 4.74 Å². The Morgan fingerprint density at radius 1 is 1.35 bits per heavy atom. The predicted octanol–water partition coefficient (Wildman–Crippen LogP) is 0.701. The van der Waals surface area contributed by atoms with Crippen LogP contribution in [-0.2, 0) is 17.8 Å². The normalized spacial score (nSPS) is 13.2. The molecular formula is C11H23N5O. The van der Waals surface area contributed by atoms with Crippen molar-refractivity contribution in [3.8, 4) is 0 Å². The zero-order chi connectivity index (χ0) is 12.7. The molecule has 17 heavy (non-hydrogen) atoms. The number of nitrogens with zero attached hydrogens (tertiary/aromatic N) is 4. The maximum atomic E-state index is 5.11. The number of aromatic nitrogens is 4. The number of ether oxygens (including phenoxy) is 1. The average molecular weight is 241 g/mol. The molecular weight excluding hydrogens is 218 g/mol. The van der Waals surface area contributed by atoms with Gasteiger partial charge >= 0.3 is 0 Å². The average Bonchev–Trinajstić information content (AvgIpc) is 2.65. The van der Waals surface area contributed by atoms with Gasteiger partial charge in [0.25, 0.3) is 0 Å². The quantitative estimate of drug-likeness (QED) is 0.726. The Labute approximate surface area is 103 Å². The number of methoxy groups -OCH3 is 1. The third-order valence-electron chi connectivity index (χ3n) is 2.38. The van der Waals surface area contributed by atoms with Crippen LogP contribution in [0, 0.1) is 11.8 Å². The minimum atomic E-state index is 0.410. The molecule has 0 aliphatic heterocycles. The molecule has 1 aromatic heterocycles. The number of tetrazole rings is 1. The van der Waals surface area contributed by atoms with E-state index >= 15 is 0 Å². The summed E-state index contributed by atoms with van der Waals surface area (Å²) < 4.78 is 6.95. The van der Waals surface area contributed by atoms with Crippen LogP contribution in [0.1, 0.15) is 26.6 Å². The van der Waals surface area contributed by atoms with E-state index in [2.05, 4.69) is 41.6 Å². The van der Waals surface area contributed by atoms with Crippen molar-refractivity contribution in [1.29, 1.82) is 0 Å². The summed E-state index contributed by atoms with van der Waals surface area (Å²) in [5, 5.41) is 15.1. The van der Waals surface area contributed by atoms with Gasteiger partial charge < -0.3 is 10.1 Å². The predicted molar refractivity (Wildman–Crippen MR) is 65.4 cm³/mol. The molecule has 6 nitrogen and oxygen atoms in total. The SMILES string of the molecule is COCC(C)Cn1nnnc1CNCC(C)C. The summed E-state index contributed by atoms with van der Waals surface area (Å²) in [7, 11) is 1.71. The lowest BCUT2D eigenvalue weighted by Crippen LogP contribution is -2.23. The molecule has 0 saturated heterocycles. The molecule has 1 rings (SSSR count). The molecule has 0 radical (unpaired) electrons. The topological polar surface area (TPSA) is 64.9 Å². The van der Waals surface area contributed by atoms with Gasteiger partial charge in [0.2, 0.25) is 0 Å². The molecule has 0 saturated carbocycles. The van der Waals surface area contributed by atoms with Gasteiger partial charge in [-0.05, 0) is 28.8 Å². The van der Waals surface area contributed by atoms with Crippen LogP contribution in [0.5, 0.6) is 0 Å². The molecule has 1 N–H and O–H groups in total. The monoisotopic (exact) mass is 241 g/mol. The summed E-state index contributed by atoms with van der Waals surface area (Å²) in [6, 6.07) is 0. The van der Waals surface area contributed by atoms with Gasteiger partial charge in [0.05, 0.1) is 13.2 Å². The lowest BCUT2D eigenvalue weighted by atomic mass is 10.2. The van der Waals surface area contributed by atoms with Crippen molar-refractivity contribution in [2.24, 2.45) is 11.8 Å². The highest BCUT2D eigenvalue weighted by Gasteiger charge is 2.09. The van der Waals surface area contributed by atoms with E-state index in [0.717, 1.165) is 25.5 Å². The van der Waals surface area contributed by atoms with Gasteiger partial charge in [-0.2, -0.15) is 0 Å². The fraction of sp³-hybridized carbons (Fsp3) is 0.909. The molecule has 6 heteroatoms. The van der Waals surface area contributed by atoms with Gasteiger partial charge in [0.1, 0.15) is 0 Å². The Hall–Kier alpha value is -1.01. The largest absolute Gasteiger partial charge is 0.384 e. The van der Waals surface area contributed by atoms with E-state index in [-0.39, 0.29) is 0 Å². The number of hydrogen-bond donors (Lipinski definition) is 1. The van der Waals surface area contributed by atoms with Crippen molar-refractivity contribution in [2.45, 2.75) is 33.9 Å². The highest BCUT2D eigenvalue weighted by atomic mass is 16.5. The van der Waals surface area contributed by atoms with Gasteiger partial charge in [0, 0.05) is 13.7 Å². The first-order chi connectivity index (χ1) is 8.13. The highest BCUT2D eigenvalue weighted by molar-refractivity contribution is 4.80. The van der Waals surface area contributed by atoms with Crippen LogP contribution in [0.15, 0.2) is 0 Å². The van der Waals surface area contributed by atoms with Crippen molar-refractivity contribution in [2.75, 3.05) is 20.3 Å². The number of hydrogen-bond acceptors (Lipinski definition) is 5. The second-order valence-electron chi connectivity index (χ2n) is 4.86. The molecule has 0 aliphatic rings. The van der Waals surface area contributed by atoms with E-state index < -0.39 is 0 Å². The lowest BCUT2D eigenvalue weighted by molar-refractivity contribution is 0.148. The van der Waals surface area contributed by atoms with Gasteiger partial charge in [-0.25, -0.2) is 4.68 Å². The molecule has 0 aliphatic carbocycles. The molecule has 0 aromatic carbocycles. The first-order valence-electron chi connectivity index (χ1n) is 6.08. The van der Waals surface area contributed by atoms with Gasteiger partial charge in [-0.15, -0.1) is 5.10 Å². The molecule has 1 unspecified atom stereocenters. The van der Waals surface area contributed by atoms with Crippen molar-refractivity contribution in [3.63, 3.8) is 0 Å². The van der Waals surface area contributed by atoms with Crippen molar-refractivity contribution in [1.82, 2.24) is 25.5 Å². The summed E-state index contributed by atoms with van der Waals surface area (Å²) >= 11 is 0. The van der Waals surface area contributed by atoms with Gasteiger partial charge in [0.15, 0.2) is 5.82 Å². The molecule has 1 aromatic rings. The smallest absolute Gasteiger partial charge is 0.165 e. The first-order valence-corrected chi connectivity index (χ1v) is 6.08. The Morgan fingerprint density at radius 2 is 2.12 bits per heavy atom. The first kappa shape index (κ1) is 14.1. The molecule has 0 fully saturated rings. The van der Waals surface area contributed by atoms with E-state index in [4.69, 9.17) is 4.74 Å². The maximum absolute atomic E-state index is 5.11. The van der Waals surface area contributed by atoms with Crippen LogP contribution >= 0.6 is 0 Å². The summed E-state index contributed by atoms with van der Waals surface area (Å²) in [6.07, 6.45) is 0. The third kappa shape index (κ3) is 5.23. The van der Waals surface area contributed by atoms with Crippen molar-refractivity contribution >= 4 is 0 Å². The Morgan fingerprint density at radius 3 is 2.76 bits per heavy atom. The second kappa shape index (κ2) is 7.34. The van der Waals surface area contributed by atoms with E-state index in [9.17, 15) is 0 Å². The fourth-order valence-electron chi connectivity index (χ4n) is 1.60. The fourth-order valence-corrected chi connectivity index (χ4v) is 1.60. The molecule has 0 bridgehead atoms. The third-order valence-corrected chi connectivity index (χ3v) is 2.38. The lowest BCUT2D eigenvalue weighted by Gasteiger charge is -2.11. The van der Waals surface area contributed by atoms with E-state index in [0.29, 0.717) is 18.4 Å². The highest BCUT2D eigenvalue weighted by Crippen LogP contribution is 2.02. The van der Waals surface area contributed by atoms with E-state index in [1.165, 1.54) is 0 Å². The Kier molecular flexibility index (Phi) is 6.07. The zero-order valence-electron chi connectivity index (χ0n) is 11.2. The van der Waals surface area contributed by atoms with Crippen LogP contribution in [0.4, 0.5) is 0 Å². The minimum absolute atomic E-state index is 0.410. The zero-order valence-corrected chi connectivity index (χ0v) is 11.2. The summed E-state index contributed by atoms with van der Waals surface area (Å²) in [5.41, 5.74) is 0. The molecule has 1 heterocycles. The van der Waals surface area contributed by atoms with Crippen LogP contribution in [0.25, 0.3) is 0 Å². The summed E-state index contributed by atoms with van der Waals surface area (Å²) in [6.45, 7) is 9.67. The maximum Gasteiger partial charge on any atom is 0.165 e. The Balaban J connectivity index is 2.42. The molecule has 0 amide bonds. The number of nitrogens with one attached hydrogen (secondary N) is 1. The molecule has 0 spiro atoms. The summed E-state index contributed by atoms with van der Waals surface area (Å²) in [4.78, 5) is 0. The van der Waals surface area contributed by atoms with E-state index in [1.54, 1.807) is 7.11 Å². The van der Waals surface area contributed by atoms with Crippen LogP contribution < -0.4 is 5.32 Å².